The Hall–Kier alpha value is -2.54. The number of nitrogens with zero attached hydrogens (tertiary/aromatic N) is 1. The monoisotopic (exact) mass is 486 g/mol. The Morgan fingerprint density at radius 2 is 1.28 bits per heavy atom. The van der Waals surface area contributed by atoms with Crippen molar-refractivity contribution in [2.75, 3.05) is 41.5 Å². The van der Waals surface area contributed by atoms with Crippen molar-refractivity contribution in [1.82, 2.24) is 9.03 Å². The summed E-state index contributed by atoms with van der Waals surface area (Å²) in [6, 6.07) is 8.00. The molecule has 3 rings (SSSR count). The van der Waals surface area contributed by atoms with Crippen LogP contribution in [0.25, 0.3) is 0 Å². The molecule has 2 aromatic carbocycles. The Morgan fingerprint density at radius 3 is 1.81 bits per heavy atom. The van der Waals surface area contributed by atoms with Gasteiger partial charge in [-0.05, 0) is 30.7 Å². The Bertz CT molecular complexity index is 1180. The van der Waals surface area contributed by atoms with E-state index in [9.17, 15) is 16.8 Å². The number of hydrogen-bond donors (Lipinski definition) is 1. The molecule has 0 saturated carbocycles. The van der Waals surface area contributed by atoms with Gasteiger partial charge in [-0.2, -0.15) is 4.31 Å². The molecule has 32 heavy (non-hydrogen) atoms. The maximum absolute atomic E-state index is 13.1. The van der Waals surface area contributed by atoms with Crippen LogP contribution in [-0.4, -0.2) is 68.7 Å². The molecule has 1 atom stereocenters. The Balaban J connectivity index is 1.76. The number of methoxy groups -OCH3 is 4. The van der Waals surface area contributed by atoms with Gasteiger partial charge in [-0.1, -0.05) is 0 Å². The normalized spacial score (nSPS) is 17.2. The lowest BCUT2D eigenvalue weighted by Crippen LogP contribution is -2.38. The fraction of sp³-hybridized carbons (Fsp3) is 0.400. The maximum atomic E-state index is 13.1. The number of benzene rings is 2. The van der Waals surface area contributed by atoms with Crippen LogP contribution >= 0.6 is 0 Å². The molecule has 0 aromatic heterocycles. The average Bonchev–Trinajstić information content (AvgIpc) is 3.26. The van der Waals surface area contributed by atoms with Crippen molar-refractivity contribution in [3.8, 4) is 23.0 Å². The highest BCUT2D eigenvalue weighted by atomic mass is 32.2. The quantitative estimate of drug-likeness (QED) is 0.566. The zero-order chi connectivity index (χ0) is 23.5. The zero-order valence-electron chi connectivity index (χ0n) is 18.2. The summed E-state index contributed by atoms with van der Waals surface area (Å²) >= 11 is 0. The average molecular weight is 487 g/mol. The molecule has 0 aliphatic carbocycles. The fourth-order valence-corrected chi connectivity index (χ4v) is 6.23. The first kappa shape index (κ1) is 24.1. The van der Waals surface area contributed by atoms with Crippen molar-refractivity contribution in [2.45, 2.75) is 22.3 Å². The van der Waals surface area contributed by atoms with Crippen molar-refractivity contribution < 1.29 is 35.8 Å². The lowest BCUT2D eigenvalue weighted by molar-refractivity contribution is 0.353. The topological polar surface area (TPSA) is 120 Å². The van der Waals surface area contributed by atoms with E-state index < -0.39 is 26.1 Å². The second-order valence-corrected chi connectivity index (χ2v) is 10.7. The van der Waals surface area contributed by atoms with Crippen LogP contribution < -0.4 is 23.7 Å². The van der Waals surface area contributed by atoms with Crippen LogP contribution in [0, 0.1) is 0 Å². The zero-order valence-corrected chi connectivity index (χ0v) is 19.8. The molecule has 0 radical (unpaired) electrons. The van der Waals surface area contributed by atoms with E-state index >= 15 is 0 Å². The van der Waals surface area contributed by atoms with E-state index in [1.807, 2.05) is 0 Å². The van der Waals surface area contributed by atoms with Crippen LogP contribution in [-0.2, 0) is 20.0 Å². The predicted molar refractivity (Wildman–Crippen MR) is 117 cm³/mol. The third-order valence-electron chi connectivity index (χ3n) is 5.13. The lowest BCUT2D eigenvalue weighted by Gasteiger charge is -2.18. The van der Waals surface area contributed by atoms with E-state index in [1.54, 1.807) is 0 Å². The predicted octanol–water partition coefficient (Wildman–Crippen LogP) is 1.46. The van der Waals surface area contributed by atoms with Gasteiger partial charge in [0.1, 0.15) is 0 Å². The van der Waals surface area contributed by atoms with E-state index in [2.05, 4.69) is 4.72 Å². The van der Waals surface area contributed by atoms with Gasteiger partial charge in [0.05, 0.1) is 38.2 Å². The van der Waals surface area contributed by atoms with Gasteiger partial charge in [0.2, 0.25) is 20.0 Å². The van der Waals surface area contributed by atoms with Crippen molar-refractivity contribution in [3.63, 3.8) is 0 Å². The van der Waals surface area contributed by atoms with Crippen LogP contribution in [0.15, 0.2) is 46.2 Å². The van der Waals surface area contributed by atoms with E-state index in [0.29, 0.717) is 23.7 Å². The maximum Gasteiger partial charge on any atom is 0.243 e. The summed E-state index contributed by atoms with van der Waals surface area (Å²) in [4.78, 5) is 0.0369. The summed E-state index contributed by atoms with van der Waals surface area (Å²) < 4.78 is 76.2. The van der Waals surface area contributed by atoms with Gasteiger partial charge in [0, 0.05) is 31.3 Å². The first-order valence-electron chi connectivity index (χ1n) is 9.62. The number of ether oxygens (including phenoxy) is 4. The minimum Gasteiger partial charge on any atom is -0.493 e. The Labute approximate surface area is 188 Å². The van der Waals surface area contributed by atoms with E-state index in [1.165, 1.54) is 69.1 Å². The molecule has 1 saturated heterocycles. The van der Waals surface area contributed by atoms with Crippen LogP contribution in [0.5, 0.6) is 23.0 Å². The number of nitrogens with one attached hydrogen (secondary N) is 1. The fourth-order valence-electron chi connectivity index (χ4n) is 3.44. The number of hydrogen-bond acceptors (Lipinski definition) is 8. The highest BCUT2D eigenvalue weighted by Crippen LogP contribution is 2.32. The Kier molecular flexibility index (Phi) is 7.18. The molecule has 0 amide bonds. The van der Waals surface area contributed by atoms with Gasteiger partial charge in [0.25, 0.3) is 0 Å². The number of rotatable bonds is 9. The highest BCUT2D eigenvalue weighted by Gasteiger charge is 2.35. The molecule has 1 heterocycles. The highest BCUT2D eigenvalue weighted by molar-refractivity contribution is 7.89. The van der Waals surface area contributed by atoms with Gasteiger partial charge in [-0.25, -0.2) is 21.6 Å². The van der Waals surface area contributed by atoms with E-state index in [-0.39, 0.29) is 28.6 Å². The Morgan fingerprint density at radius 1 is 0.781 bits per heavy atom. The molecule has 0 spiro atoms. The first-order chi connectivity index (χ1) is 15.2. The first-order valence-corrected chi connectivity index (χ1v) is 12.5. The summed E-state index contributed by atoms with van der Waals surface area (Å²) in [5, 5.41) is 0. The van der Waals surface area contributed by atoms with Gasteiger partial charge in [-0.15, -0.1) is 0 Å². The van der Waals surface area contributed by atoms with Gasteiger partial charge < -0.3 is 18.9 Å². The molecular formula is C20H26N2O8S2. The summed E-state index contributed by atoms with van der Waals surface area (Å²) in [6.45, 7) is 0.180. The van der Waals surface area contributed by atoms with Crippen molar-refractivity contribution in [3.05, 3.63) is 36.4 Å². The van der Waals surface area contributed by atoms with E-state index in [4.69, 9.17) is 18.9 Å². The molecule has 176 valence electrons. The largest absolute Gasteiger partial charge is 0.493 e. The SMILES string of the molecule is COc1ccc(S(=O)(=O)N[C@H]2CCN(S(=O)(=O)c3ccc(OC)c(OC)c3)C2)cc1OC. The van der Waals surface area contributed by atoms with Crippen molar-refractivity contribution in [1.29, 1.82) is 0 Å². The van der Waals surface area contributed by atoms with Crippen LogP contribution in [0.1, 0.15) is 6.42 Å². The second kappa shape index (κ2) is 9.53. The molecule has 1 fully saturated rings. The van der Waals surface area contributed by atoms with Crippen LogP contribution in [0.2, 0.25) is 0 Å². The standard InChI is InChI=1S/C20H26N2O8S2/c1-27-17-7-5-15(11-19(17)29-3)31(23,24)21-14-9-10-22(13-14)32(25,26)16-6-8-18(28-2)20(12-16)30-4/h5-8,11-12,14,21H,9-10,13H2,1-4H3/t14-/m0/s1. The molecule has 10 nitrogen and oxygen atoms in total. The van der Waals surface area contributed by atoms with E-state index in [0.717, 1.165) is 0 Å². The molecule has 0 unspecified atom stereocenters. The molecule has 1 aliphatic rings. The number of sulfonamides is 2. The summed E-state index contributed by atoms with van der Waals surface area (Å²) in [5.41, 5.74) is 0. The third kappa shape index (κ3) is 4.77. The summed E-state index contributed by atoms with van der Waals surface area (Å²) in [7, 11) is -1.99. The summed E-state index contributed by atoms with van der Waals surface area (Å²) in [5.74, 6) is 1.38. The minimum atomic E-state index is -3.90. The third-order valence-corrected chi connectivity index (χ3v) is 8.51. The smallest absolute Gasteiger partial charge is 0.243 e. The molecule has 12 heteroatoms. The molecule has 1 aliphatic heterocycles. The second-order valence-electron chi connectivity index (χ2n) is 7.00. The van der Waals surface area contributed by atoms with Crippen molar-refractivity contribution >= 4 is 20.0 Å². The molecule has 2 aromatic rings. The van der Waals surface area contributed by atoms with Gasteiger partial charge in [-0.3, -0.25) is 0 Å². The van der Waals surface area contributed by atoms with Crippen LogP contribution in [0.4, 0.5) is 0 Å². The van der Waals surface area contributed by atoms with Crippen molar-refractivity contribution in [2.24, 2.45) is 0 Å². The molecular weight excluding hydrogens is 460 g/mol. The van der Waals surface area contributed by atoms with Gasteiger partial charge in [0.15, 0.2) is 23.0 Å². The van der Waals surface area contributed by atoms with Gasteiger partial charge >= 0.3 is 0 Å². The molecule has 1 N–H and O–H groups in total. The minimum absolute atomic E-state index is 0.00317. The van der Waals surface area contributed by atoms with Crippen LogP contribution in [0.3, 0.4) is 0 Å². The molecule has 0 bridgehead atoms. The lowest BCUT2D eigenvalue weighted by atomic mass is 10.3. The summed E-state index contributed by atoms with van der Waals surface area (Å²) in [6.07, 6.45) is 0.332.